The van der Waals surface area contributed by atoms with E-state index in [-0.39, 0.29) is 11.3 Å². The summed E-state index contributed by atoms with van der Waals surface area (Å²) in [6.45, 7) is 4.81. The zero-order valence-electron chi connectivity index (χ0n) is 17.8. The van der Waals surface area contributed by atoms with Gasteiger partial charge < -0.3 is 24.4 Å². The van der Waals surface area contributed by atoms with Gasteiger partial charge in [-0.25, -0.2) is 4.79 Å². The highest BCUT2D eigenvalue weighted by molar-refractivity contribution is 5.91. The molecule has 0 radical (unpaired) electrons. The van der Waals surface area contributed by atoms with E-state index in [0.29, 0.717) is 13.2 Å². The number of carboxylic acids is 1. The van der Waals surface area contributed by atoms with Crippen LogP contribution in [-0.2, 0) is 5.41 Å². The summed E-state index contributed by atoms with van der Waals surface area (Å²) in [5.41, 5.74) is 1.23. The monoisotopic (exact) mass is 422 g/mol. The molecule has 6 heteroatoms. The Hall–Kier alpha value is -3.67. The quantitative estimate of drug-likeness (QED) is 0.478. The summed E-state index contributed by atoms with van der Waals surface area (Å²) in [5.74, 6) is 0.840. The van der Waals surface area contributed by atoms with Crippen LogP contribution in [-0.4, -0.2) is 36.5 Å². The second kappa shape index (κ2) is 9.43. The van der Waals surface area contributed by atoms with Gasteiger partial charge in [0.15, 0.2) is 0 Å². The molecule has 0 aromatic heterocycles. The molecule has 2 N–H and O–H groups in total. The molecule has 0 bridgehead atoms. The lowest BCUT2D eigenvalue weighted by Gasteiger charge is -2.27. The van der Waals surface area contributed by atoms with Gasteiger partial charge in [-0.05, 0) is 59.7 Å². The van der Waals surface area contributed by atoms with Gasteiger partial charge in [0, 0.05) is 5.41 Å². The van der Waals surface area contributed by atoms with Crippen molar-refractivity contribution < 1.29 is 29.2 Å². The largest absolute Gasteiger partial charge is 0.507 e. The number of carbonyl (C=O) groups is 1. The van der Waals surface area contributed by atoms with E-state index in [1.54, 1.807) is 13.2 Å². The lowest BCUT2D eigenvalue weighted by atomic mass is 9.77. The molecule has 0 saturated heterocycles. The highest BCUT2D eigenvalue weighted by Crippen LogP contribution is 2.34. The Morgan fingerprint density at radius 2 is 1.29 bits per heavy atom. The maximum atomic E-state index is 11.3. The minimum Gasteiger partial charge on any atom is -0.507 e. The summed E-state index contributed by atoms with van der Waals surface area (Å²) >= 11 is 0. The number of rotatable bonds is 9. The molecule has 3 aromatic carbocycles. The number of aromatic carboxylic acids is 1. The fraction of sp³-hybridized carbons (Fsp3) is 0.240. The van der Waals surface area contributed by atoms with E-state index in [9.17, 15) is 15.0 Å². The lowest BCUT2D eigenvalue weighted by Crippen LogP contribution is -2.19. The topological polar surface area (TPSA) is 85.2 Å². The van der Waals surface area contributed by atoms with Gasteiger partial charge in [0.05, 0.1) is 7.11 Å². The minimum atomic E-state index is -1.16. The SMILES string of the molecule is COc1ccc(OCCOc2ccc(C(C)(C)c3ccc(O)c(C(=O)O)c3)cc2)cc1. The van der Waals surface area contributed by atoms with Gasteiger partial charge in [-0.3, -0.25) is 0 Å². The van der Waals surface area contributed by atoms with Gasteiger partial charge in [-0.2, -0.15) is 0 Å². The van der Waals surface area contributed by atoms with Crippen LogP contribution < -0.4 is 14.2 Å². The van der Waals surface area contributed by atoms with Gasteiger partial charge in [-0.1, -0.05) is 32.0 Å². The molecule has 0 saturated carbocycles. The molecule has 3 rings (SSSR count). The molecule has 0 aliphatic rings. The second-order valence-corrected chi connectivity index (χ2v) is 7.56. The molecule has 3 aromatic rings. The summed E-state index contributed by atoms with van der Waals surface area (Å²) in [6, 6.07) is 19.7. The van der Waals surface area contributed by atoms with Crippen LogP contribution in [0.25, 0.3) is 0 Å². The molecule has 0 amide bonds. The first-order valence-corrected chi connectivity index (χ1v) is 9.88. The van der Waals surface area contributed by atoms with Crippen molar-refractivity contribution in [1.82, 2.24) is 0 Å². The van der Waals surface area contributed by atoms with Crippen molar-refractivity contribution >= 4 is 5.97 Å². The van der Waals surface area contributed by atoms with Gasteiger partial charge in [0.2, 0.25) is 0 Å². The van der Waals surface area contributed by atoms with Crippen LogP contribution in [0.1, 0.15) is 35.3 Å². The van der Waals surface area contributed by atoms with E-state index in [4.69, 9.17) is 14.2 Å². The second-order valence-electron chi connectivity index (χ2n) is 7.56. The molecule has 0 aliphatic heterocycles. The van der Waals surface area contributed by atoms with Crippen LogP contribution in [0.3, 0.4) is 0 Å². The molecule has 0 atom stereocenters. The van der Waals surface area contributed by atoms with Crippen LogP contribution in [0, 0.1) is 0 Å². The van der Waals surface area contributed by atoms with Gasteiger partial charge in [0.25, 0.3) is 0 Å². The molecular formula is C25H26O6. The van der Waals surface area contributed by atoms with Crippen molar-refractivity contribution in [2.75, 3.05) is 20.3 Å². The number of aromatic hydroxyl groups is 1. The minimum absolute atomic E-state index is 0.109. The number of benzene rings is 3. The first kappa shape index (κ1) is 22.0. The third kappa shape index (κ3) is 5.28. The Morgan fingerprint density at radius 1 is 0.806 bits per heavy atom. The Labute approximate surface area is 181 Å². The summed E-state index contributed by atoms with van der Waals surface area (Å²) in [5, 5.41) is 19.0. The van der Waals surface area contributed by atoms with Crippen molar-refractivity contribution in [3.05, 3.63) is 83.4 Å². The average molecular weight is 422 g/mol. The molecular weight excluding hydrogens is 396 g/mol. The smallest absolute Gasteiger partial charge is 0.339 e. The van der Waals surface area contributed by atoms with E-state index in [1.807, 2.05) is 62.4 Å². The van der Waals surface area contributed by atoms with Crippen molar-refractivity contribution in [2.24, 2.45) is 0 Å². The number of carboxylic acid groups (broad SMARTS) is 1. The Kier molecular flexibility index (Phi) is 6.70. The van der Waals surface area contributed by atoms with Crippen LogP contribution in [0.5, 0.6) is 23.0 Å². The molecule has 0 aliphatic carbocycles. The summed E-state index contributed by atoms with van der Waals surface area (Å²) in [4.78, 5) is 11.3. The van der Waals surface area contributed by atoms with Crippen LogP contribution >= 0.6 is 0 Å². The third-order valence-corrected chi connectivity index (χ3v) is 5.20. The number of hydrogen-bond donors (Lipinski definition) is 2. The number of ether oxygens (including phenoxy) is 3. The predicted octanol–water partition coefficient (Wildman–Crippen LogP) is 4.88. The zero-order valence-corrected chi connectivity index (χ0v) is 17.8. The molecule has 0 unspecified atom stereocenters. The highest BCUT2D eigenvalue weighted by Gasteiger charge is 2.25. The number of methoxy groups -OCH3 is 1. The first-order chi connectivity index (χ1) is 14.8. The number of hydrogen-bond acceptors (Lipinski definition) is 5. The highest BCUT2D eigenvalue weighted by atomic mass is 16.5. The van der Waals surface area contributed by atoms with E-state index < -0.39 is 11.4 Å². The normalized spacial score (nSPS) is 11.1. The van der Waals surface area contributed by atoms with Gasteiger partial charge in [-0.15, -0.1) is 0 Å². The average Bonchev–Trinajstić information content (AvgIpc) is 2.77. The molecule has 0 spiro atoms. The predicted molar refractivity (Wildman–Crippen MR) is 118 cm³/mol. The van der Waals surface area contributed by atoms with Gasteiger partial charge >= 0.3 is 5.97 Å². The summed E-state index contributed by atoms with van der Waals surface area (Å²) in [7, 11) is 1.62. The molecule has 6 nitrogen and oxygen atoms in total. The van der Waals surface area contributed by atoms with E-state index in [1.165, 1.54) is 12.1 Å². The zero-order chi connectivity index (χ0) is 22.4. The summed E-state index contributed by atoms with van der Waals surface area (Å²) < 4.78 is 16.5. The molecule has 0 heterocycles. The van der Waals surface area contributed by atoms with Crippen molar-refractivity contribution in [1.29, 1.82) is 0 Å². The van der Waals surface area contributed by atoms with E-state index in [0.717, 1.165) is 28.4 Å². The molecule has 162 valence electrons. The Bertz CT molecular complexity index is 1020. The van der Waals surface area contributed by atoms with Gasteiger partial charge in [0.1, 0.15) is 41.8 Å². The maximum absolute atomic E-state index is 11.3. The molecule has 0 fully saturated rings. The third-order valence-electron chi connectivity index (χ3n) is 5.20. The summed E-state index contributed by atoms with van der Waals surface area (Å²) in [6.07, 6.45) is 0. The first-order valence-electron chi connectivity index (χ1n) is 9.88. The lowest BCUT2D eigenvalue weighted by molar-refractivity contribution is 0.0693. The van der Waals surface area contributed by atoms with Crippen LogP contribution in [0.2, 0.25) is 0 Å². The molecule has 31 heavy (non-hydrogen) atoms. The van der Waals surface area contributed by atoms with E-state index >= 15 is 0 Å². The maximum Gasteiger partial charge on any atom is 0.339 e. The fourth-order valence-corrected chi connectivity index (χ4v) is 3.22. The Morgan fingerprint density at radius 3 is 1.81 bits per heavy atom. The standard InChI is InChI=1S/C25H26O6/c1-25(2,18-6-13-23(26)22(16-18)24(27)28)17-4-7-20(8-5-17)30-14-15-31-21-11-9-19(29-3)10-12-21/h4-13,16,26H,14-15H2,1-3H3,(H,27,28). The van der Waals surface area contributed by atoms with E-state index in [2.05, 4.69) is 0 Å². The fourth-order valence-electron chi connectivity index (χ4n) is 3.22. The van der Waals surface area contributed by atoms with Crippen molar-refractivity contribution in [3.8, 4) is 23.0 Å². The van der Waals surface area contributed by atoms with Crippen molar-refractivity contribution in [3.63, 3.8) is 0 Å². The van der Waals surface area contributed by atoms with Crippen LogP contribution in [0.4, 0.5) is 0 Å². The van der Waals surface area contributed by atoms with Crippen LogP contribution in [0.15, 0.2) is 66.7 Å². The van der Waals surface area contributed by atoms with Crippen molar-refractivity contribution in [2.45, 2.75) is 19.3 Å². The number of phenols is 1. The Balaban J connectivity index is 1.60.